The molecule has 0 spiro atoms. The van der Waals surface area contributed by atoms with Crippen molar-refractivity contribution >= 4 is 11.9 Å². The van der Waals surface area contributed by atoms with Crippen LogP contribution in [0.1, 0.15) is 44.6 Å². The number of amides is 1. The van der Waals surface area contributed by atoms with E-state index < -0.39 is 12.0 Å². The number of nitrogens with one attached hydrogen (secondary N) is 1. The van der Waals surface area contributed by atoms with Crippen LogP contribution >= 0.6 is 0 Å². The number of rotatable bonds is 10. The summed E-state index contributed by atoms with van der Waals surface area (Å²) in [6.07, 6.45) is 4.53. The van der Waals surface area contributed by atoms with Gasteiger partial charge in [0.25, 0.3) is 0 Å². The Balaban J connectivity index is 1.86. The molecular weight excluding hydrogens is 320 g/mol. The number of piperazine rings is 1. The van der Waals surface area contributed by atoms with Crippen molar-refractivity contribution in [2.45, 2.75) is 51.6 Å². The van der Waals surface area contributed by atoms with Gasteiger partial charge in [-0.25, -0.2) is 0 Å². The number of aliphatic carboxylic acids is 1. The van der Waals surface area contributed by atoms with E-state index in [2.05, 4.69) is 12.2 Å². The highest BCUT2D eigenvalue weighted by Gasteiger charge is 2.31. The zero-order valence-corrected chi connectivity index (χ0v) is 14.9. The van der Waals surface area contributed by atoms with Crippen LogP contribution in [-0.2, 0) is 16.1 Å². The summed E-state index contributed by atoms with van der Waals surface area (Å²) in [4.78, 5) is 24.9. The lowest BCUT2D eigenvalue weighted by Gasteiger charge is -2.34. The van der Waals surface area contributed by atoms with Crippen molar-refractivity contribution in [1.82, 2.24) is 10.2 Å². The van der Waals surface area contributed by atoms with Gasteiger partial charge in [-0.1, -0.05) is 38.3 Å². The number of carbonyl (C=O) groups excluding carboxylic acids is 1. The molecule has 2 N–H and O–H groups in total. The lowest BCUT2D eigenvalue weighted by molar-refractivity contribution is -0.143. The normalized spacial score (nSPS) is 18.0. The summed E-state index contributed by atoms with van der Waals surface area (Å²) in [5.74, 6) is -0.321. The Bertz CT molecular complexity index is 559. The van der Waals surface area contributed by atoms with E-state index in [0.717, 1.165) is 24.3 Å². The van der Waals surface area contributed by atoms with Gasteiger partial charge in [0.1, 0.15) is 11.8 Å². The molecule has 1 aromatic carbocycles. The molecule has 0 aromatic heterocycles. The molecule has 0 saturated carbocycles. The zero-order chi connectivity index (χ0) is 18.1. The summed E-state index contributed by atoms with van der Waals surface area (Å²) in [6.45, 7) is 4.67. The van der Waals surface area contributed by atoms with Crippen LogP contribution in [-0.4, -0.2) is 47.6 Å². The minimum Gasteiger partial charge on any atom is -0.494 e. The molecule has 1 fully saturated rings. The van der Waals surface area contributed by atoms with E-state index in [1.54, 1.807) is 0 Å². The van der Waals surface area contributed by atoms with Crippen LogP contribution < -0.4 is 10.1 Å². The molecular formula is C19H28N2O4. The second-order valence-electron chi connectivity index (χ2n) is 6.43. The molecule has 1 aromatic rings. The zero-order valence-electron chi connectivity index (χ0n) is 14.9. The molecule has 1 aliphatic rings. The van der Waals surface area contributed by atoms with Gasteiger partial charge in [0.15, 0.2) is 0 Å². The highest BCUT2D eigenvalue weighted by Crippen LogP contribution is 2.17. The summed E-state index contributed by atoms with van der Waals surface area (Å²) in [5, 5.41) is 11.8. The molecule has 0 radical (unpaired) electrons. The maximum absolute atomic E-state index is 11.9. The Morgan fingerprint density at radius 2 is 2.04 bits per heavy atom. The Hall–Kier alpha value is -2.08. The fourth-order valence-electron chi connectivity index (χ4n) is 2.98. The fourth-order valence-corrected chi connectivity index (χ4v) is 2.98. The standard InChI is InChI=1S/C19H28N2O4/c1-2-3-4-5-12-25-16-8-6-15(7-9-16)14-21-11-10-20-19(24)17(21)13-18(22)23/h6-9,17H,2-5,10-14H2,1H3,(H,20,24)(H,22,23). The van der Waals surface area contributed by atoms with Gasteiger partial charge in [-0.3, -0.25) is 14.5 Å². The van der Waals surface area contributed by atoms with E-state index in [1.807, 2.05) is 29.2 Å². The predicted octanol–water partition coefficient (Wildman–Crippen LogP) is 2.42. The largest absolute Gasteiger partial charge is 0.494 e. The molecule has 6 heteroatoms. The van der Waals surface area contributed by atoms with Gasteiger partial charge in [-0.15, -0.1) is 0 Å². The van der Waals surface area contributed by atoms with E-state index >= 15 is 0 Å². The highest BCUT2D eigenvalue weighted by molar-refractivity contribution is 5.86. The van der Waals surface area contributed by atoms with Gasteiger partial charge < -0.3 is 15.2 Å². The number of benzene rings is 1. The summed E-state index contributed by atoms with van der Waals surface area (Å²) >= 11 is 0. The molecule has 2 rings (SSSR count). The molecule has 1 heterocycles. The molecule has 25 heavy (non-hydrogen) atoms. The van der Waals surface area contributed by atoms with E-state index in [9.17, 15) is 9.59 Å². The third kappa shape index (κ3) is 6.38. The summed E-state index contributed by atoms with van der Waals surface area (Å²) in [6, 6.07) is 7.22. The van der Waals surface area contributed by atoms with Crippen LogP contribution in [0.15, 0.2) is 24.3 Å². The van der Waals surface area contributed by atoms with E-state index in [1.165, 1.54) is 19.3 Å². The quantitative estimate of drug-likeness (QED) is 0.635. The third-order valence-electron chi connectivity index (χ3n) is 4.39. The molecule has 0 aliphatic carbocycles. The van der Waals surface area contributed by atoms with Crippen LogP contribution in [0.25, 0.3) is 0 Å². The number of hydrogen-bond acceptors (Lipinski definition) is 4. The van der Waals surface area contributed by atoms with Crippen LogP contribution in [0.3, 0.4) is 0 Å². The Morgan fingerprint density at radius 1 is 1.28 bits per heavy atom. The van der Waals surface area contributed by atoms with Gasteiger partial charge in [0, 0.05) is 19.6 Å². The van der Waals surface area contributed by atoms with Crippen molar-refractivity contribution in [3.8, 4) is 5.75 Å². The van der Waals surface area contributed by atoms with Crippen molar-refractivity contribution < 1.29 is 19.4 Å². The maximum Gasteiger partial charge on any atom is 0.305 e. The number of hydrogen-bond donors (Lipinski definition) is 2. The van der Waals surface area contributed by atoms with Crippen molar-refractivity contribution in [2.24, 2.45) is 0 Å². The number of carboxylic acids is 1. The summed E-state index contributed by atoms with van der Waals surface area (Å²) in [7, 11) is 0. The fraction of sp³-hybridized carbons (Fsp3) is 0.579. The third-order valence-corrected chi connectivity index (χ3v) is 4.39. The van der Waals surface area contributed by atoms with Crippen molar-refractivity contribution in [3.63, 3.8) is 0 Å². The van der Waals surface area contributed by atoms with Crippen molar-refractivity contribution in [3.05, 3.63) is 29.8 Å². The van der Waals surface area contributed by atoms with Gasteiger partial charge >= 0.3 is 5.97 Å². The molecule has 1 saturated heterocycles. The molecule has 1 aliphatic heterocycles. The molecule has 1 unspecified atom stereocenters. The van der Waals surface area contributed by atoms with Crippen LogP contribution in [0.5, 0.6) is 5.75 Å². The number of unbranched alkanes of at least 4 members (excludes halogenated alkanes) is 3. The number of carboxylic acid groups (broad SMARTS) is 1. The summed E-state index contributed by atoms with van der Waals surface area (Å²) < 4.78 is 5.73. The first-order valence-corrected chi connectivity index (χ1v) is 9.05. The van der Waals surface area contributed by atoms with Crippen molar-refractivity contribution in [2.75, 3.05) is 19.7 Å². The minimum absolute atomic E-state index is 0.176. The van der Waals surface area contributed by atoms with Gasteiger partial charge in [0.2, 0.25) is 5.91 Å². The average Bonchev–Trinajstić information content (AvgIpc) is 2.59. The lowest BCUT2D eigenvalue weighted by Crippen LogP contribution is -2.55. The first kappa shape index (κ1) is 19.2. The lowest BCUT2D eigenvalue weighted by atomic mass is 10.1. The topological polar surface area (TPSA) is 78.9 Å². The number of ether oxygens (including phenoxy) is 1. The van der Waals surface area contributed by atoms with E-state index in [0.29, 0.717) is 19.6 Å². The molecule has 138 valence electrons. The van der Waals surface area contributed by atoms with Crippen LogP contribution in [0.2, 0.25) is 0 Å². The molecule has 6 nitrogen and oxygen atoms in total. The SMILES string of the molecule is CCCCCCOc1ccc(CN2CCNC(=O)C2CC(=O)O)cc1. The van der Waals surface area contributed by atoms with Gasteiger partial charge in [0.05, 0.1) is 13.0 Å². The maximum atomic E-state index is 11.9. The second kappa shape index (κ2) is 10.0. The number of carbonyl (C=O) groups is 2. The molecule has 0 bridgehead atoms. The average molecular weight is 348 g/mol. The number of nitrogens with zero attached hydrogens (tertiary/aromatic N) is 1. The van der Waals surface area contributed by atoms with Gasteiger partial charge in [-0.05, 0) is 24.1 Å². The van der Waals surface area contributed by atoms with E-state index in [-0.39, 0.29) is 12.3 Å². The predicted molar refractivity (Wildman–Crippen MR) is 95.5 cm³/mol. The second-order valence-corrected chi connectivity index (χ2v) is 6.43. The highest BCUT2D eigenvalue weighted by atomic mass is 16.5. The van der Waals surface area contributed by atoms with Crippen LogP contribution in [0.4, 0.5) is 0 Å². The monoisotopic (exact) mass is 348 g/mol. The van der Waals surface area contributed by atoms with Crippen molar-refractivity contribution in [1.29, 1.82) is 0 Å². The molecule has 1 amide bonds. The smallest absolute Gasteiger partial charge is 0.305 e. The summed E-state index contributed by atoms with van der Waals surface area (Å²) in [5.41, 5.74) is 1.04. The van der Waals surface area contributed by atoms with E-state index in [4.69, 9.17) is 9.84 Å². The van der Waals surface area contributed by atoms with Gasteiger partial charge in [-0.2, -0.15) is 0 Å². The van der Waals surface area contributed by atoms with Crippen LogP contribution in [0, 0.1) is 0 Å². The Morgan fingerprint density at radius 3 is 2.72 bits per heavy atom. The Labute approximate surface area is 149 Å². The first-order valence-electron chi connectivity index (χ1n) is 9.05. The molecule has 1 atom stereocenters. The Kier molecular flexibility index (Phi) is 7.73. The minimum atomic E-state index is -0.959. The first-order chi connectivity index (χ1) is 12.1.